The standard InChI is InChI=1S/C15H13NO4S/c1-9(17)21-6-2-3-10-4-5-11-13(7-10)16-8-12(14(11)18)15(19)20/h2-5,7-8H,6H2,1H3,(H,16,18)(H,19,20). The van der Waals surface area contributed by atoms with Crippen molar-refractivity contribution in [3.05, 3.63) is 51.8 Å². The molecule has 1 aromatic heterocycles. The third-order valence-electron chi connectivity index (χ3n) is 2.83. The van der Waals surface area contributed by atoms with Gasteiger partial charge in [0.15, 0.2) is 5.12 Å². The van der Waals surface area contributed by atoms with Crippen LogP contribution in [0.25, 0.3) is 17.0 Å². The number of benzene rings is 1. The molecule has 0 aliphatic rings. The Balaban J connectivity index is 2.31. The third-order valence-corrected chi connectivity index (χ3v) is 3.59. The number of rotatable bonds is 4. The van der Waals surface area contributed by atoms with E-state index in [9.17, 15) is 14.4 Å². The van der Waals surface area contributed by atoms with Gasteiger partial charge in [-0.25, -0.2) is 4.79 Å². The normalized spacial score (nSPS) is 11.1. The van der Waals surface area contributed by atoms with E-state index in [4.69, 9.17) is 5.11 Å². The van der Waals surface area contributed by atoms with Gasteiger partial charge in [-0.15, -0.1) is 0 Å². The van der Waals surface area contributed by atoms with Crippen LogP contribution in [0.3, 0.4) is 0 Å². The maximum atomic E-state index is 12.0. The van der Waals surface area contributed by atoms with Gasteiger partial charge in [0.25, 0.3) is 0 Å². The summed E-state index contributed by atoms with van der Waals surface area (Å²) in [5, 5.41) is 9.30. The van der Waals surface area contributed by atoms with Gasteiger partial charge >= 0.3 is 5.97 Å². The zero-order valence-electron chi connectivity index (χ0n) is 11.3. The molecule has 1 aromatic carbocycles. The quantitative estimate of drug-likeness (QED) is 0.906. The minimum atomic E-state index is -1.25. The molecule has 0 aliphatic heterocycles. The molecule has 0 spiro atoms. The number of carboxylic acids is 1. The molecule has 0 aliphatic carbocycles. The lowest BCUT2D eigenvalue weighted by atomic mass is 10.1. The molecule has 2 aromatic rings. The molecule has 108 valence electrons. The lowest BCUT2D eigenvalue weighted by molar-refractivity contribution is -0.109. The first-order valence-corrected chi connectivity index (χ1v) is 7.16. The molecular weight excluding hydrogens is 290 g/mol. The average Bonchev–Trinajstić information content (AvgIpc) is 2.43. The fourth-order valence-corrected chi connectivity index (χ4v) is 2.28. The molecule has 0 saturated heterocycles. The van der Waals surface area contributed by atoms with Crippen molar-refractivity contribution in [3.8, 4) is 0 Å². The average molecular weight is 303 g/mol. The van der Waals surface area contributed by atoms with Crippen LogP contribution in [0.4, 0.5) is 0 Å². The van der Waals surface area contributed by atoms with E-state index in [1.54, 1.807) is 18.2 Å². The second-order valence-electron chi connectivity index (χ2n) is 4.35. The molecule has 1 heterocycles. The van der Waals surface area contributed by atoms with Gasteiger partial charge in [-0.05, 0) is 17.7 Å². The van der Waals surface area contributed by atoms with E-state index < -0.39 is 11.4 Å². The third kappa shape index (κ3) is 3.61. The lowest BCUT2D eigenvalue weighted by Gasteiger charge is -2.01. The summed E-state index contributed by atoms with van der Waals surface area (Å²) in [5.74, 6) is -0.662. The molecule has 0 amide bonds. The zero-order valence-corrected chi connectivity index (χ0v) is 12.1. The number of pyridine rings is 1. The van der Waals surface area contributed by atoms with Crippen molar-refractivity contribution in [2.24, 2.45) is 0 Å². The maximum Gasteiger partial charge on any atom is 0.341 e. The summed E-state index contributed by atoms with van der Waals surface area (Å²) < 4.78 is 0. The Bertz CT molecular complexity index is 792. The number of thioether (sulfide) groups is 1. The number of aromatic amines is 1. The Morgan fingerprint density at radius 1 is 1.38 bits per heavy atom. The van der Waals surface area contributed by atoms with Crippen molar-refractivity contribution in [3.63, 3.8) is 0 Å². The fraction of sp³-hybridized carbons (Fsp3) is 0.133. The van der Waals surface area contributed by atoms with Crippen LogP contribution < -0.4 is 5.43 Å². The van der Waals surface area contributed by atoms with Gasteiger partial charge in [-0.2, -0.15) is 0 Å². The van der Waals surface area contributed by atoms with Crippen LogP contribution in [-0.2, 0) is 4.79 Å². The summed E-state index contributed by atoms with van der Waals surface area (Å²) >= 11 is 1.21. The number of aromatic nitrogens is 1. The van der Waals surface area contributed by atoms with E-state index in [1.165, 1.54) is 24.9 Å². The van der Waals surface area contributed by atoms with Crippen LogP contribution in [0.5, 0.6) is 0 Å². The van der Waals surface area contributed by atoms with Crippen LogP contribution in [-0.4, -0.2) is 26.9 Å². The number of nitrogens with one attached hydrogen (secondary N) is 1. The maximum absolute atomic E-state index is 12.0. The van der Waals surface area contributed by atoms with Crippen molar-refractivity contribution in [2.75, 3.05) is 5.75 Å². The molecule has 0 saturated carbocycles. The Kier molecular flexibility index (Phi) is 4.59. The predicted octanol–water partition coefficient (Wildman–Crippen LogP) is 2.52. The molecule has 0 fully saturated rings. The molecule has 0 radical (unpaired) electrons. The highest BCUT2D eigenvalue weighted by Crippen LogP contribution is 2.13. The monoisotopic (exact) mass is 303 g/mol. The summed E-state index contributed by atoms with van der Waals surface area (Å²) in [6.45, 7) is 1.51. The van der Waals surface area contributed by atoms with E-state index in [1.807, 2.05) is 12.2 Å². The van der Waals surface area contributed by atoms with Crippen molar-refractivity contribution < 1.29 is 14.7 Å². The number of carbonyl (C=O) groups is 2. The molecule has 0 unspecified atom stereocenters. The highest BCUT2D eigenvalue weighted by Gasteiger charge is 2.11. The van der Waals surface area contributed by atoms with E-state index in [2.05, 4.69) is 4.98 Å². The van der Waals surface area contributed by atoms with Gasteiger partial charge in [-0.1, -0.05) is 30.0 Å². The summed E-state index contributed by atoms with van der Waals surface area (Å²) in [5.41, 5.74) is 0.666. The van der Waals surface area contributed by atoms with E-state index >= 15 is 0 Å². The molecular formula is C15H13NO4S. The molecule has 6 heteroatoms. The smallest absolute Gasteiger partial charge is 0.341 e. The van der Waals surface area contributed by atoms with E-state index in [-0.39, 0.29) is 10.7 Å². The Hall–Kier alpha value is -2.34. The van der Waals surface area contributed by atoms with Crippen LogP contribution in [0.2, 0.25) is 0 Å². The van der Waals surface area contributed by atoms with Crippen molar-refractivity contribution in [1.29, 1.82) is 0 Å². The first-order valence-electron chi connectivity index (χ1n) is 6.17. The minimum absolute atomic E-state index is 0.0590. The molecule has 2 rings (SSSR count). The molecule has 21 heavy (non-hydrogen) atoms. The van der Waals surface area contributed by atoms with E-state index in [0.717, 1.165) is 5.56 Å². The number of hydrogen-bond acceptors (Lipinski definition) is 4. The first-order chi connectivity index (χ1) is 9.99. The van der Waals surface area contributed by atoms with Gasteiger partial charge in [0.2, 0.25) is 5.43 Å². The molecule has 0 atom stereocenters. The van der Waals surface area contributed by atoms with Crippen LogP contribution in [0.1, 0.15) is 22.8 Å². The zero-order chi connectivity index (χ0) is 15.4. The molecule has 2 N–H and O–H groups in total. The summed E-state index contributed by atoms with van der Waals surface area (Å²) in [7, 11) is 0. The van der Waals surface area contributed by atoms with Crippen molar-refractivity contribution >= 4 is 39.8 Å². The lowest BCUT2D eigenvalue weighted by Crippen LogP contribution is -2.15. The number of carboxylic acid groups (broad SMARTS) is 1. The van der Waals surface area contributed by atoms with Crippen LogP contribution >= 0.6 is 11.8 Å². The van der Waals surface area contributed by atoms with Gasteiger partial charge in [0, 0.05) is 29.8 Å². The van der Waals surface area contributed by atoms with Gasteiger partial charge in [0.05, 0.1) is 0 Å². The Labute approximate surface area is 124 Å². The largest absolute Gasteiger partial charge is 0.477 e. The topological polar surface area (TPSA) is 87.2 Å². The second kappa shape index (κ2) is 6.41. The number of fused-ring (bicyclic) bond motifs is 1. The summed E-state index contributed by atoms with van der Waals surface area (Å²) in [6, 6.07) is 5.09. The number of hydrogen-bond donors (Lipinski definition) is 2. The second-order valence-corrected chi connectivity index (χ2v) is 5.54. The first kappa shape index (κ1) is 15.1. The predicted molar refractivity (Wildman–Crippen MR) is 83.7 cm³/mol. The molecule has 5 nitrogen and oxygen atoms in total. The van der Waals surface area contributed by atoms with Crippen LogP contribution in [0.15, 0.2) is 35.3 Å². The highest BCUT2D eigenvalue weighted by atomic mass is 32.2. The fourth-order valence-electron chi connectivity index (χ4n) is 1.85. The molecule has 0 bridgehead atoms. The number of aromatic carboxylic acids is 1. The van der Waals surface area contributed by atoms with Gasteiger partial charge in [0.1, 0.15) is 5.56 Å². The number of H-pyrrole nitrogens is 1. The Morgan fingerprint density at radius 3 is 2.81 bits per heavy atom. The van der Waals surface area contributed by atoms with Gasteiger partial charge in [-0.3, -0.25) is 9.59 Å². The summed E-state index contributed by atoms with van der Waals surface area (Å²) in [6.07, 6.45) is 4.90. The number of carbonyl (C=O) groups excluding carboxylic acids is 1. The minimum Gasteiger partial charge on any atom is -0.477 e. The summed E-state index contributed by atoms with van der Waals surface area (Å²) in [4.78, 5) is 36.5. The van der Waals surface area contributed by atoms with Gasteiger partial charge < -0.3 is 10.1 Å². The van der Waals surface area contributed by atoms with E-state index in [0.29, 0.717) is 16.7 Å². The highest BCUT2D eigenvalue weighted by molar-refractivity contribution is 8.13. The van der Waals surface area contributed by atoms with Crippen LogP contribution in [0, 0.1) is 0 Å². The Morgan fingerprint density at radius 2 is 2.14 bits per heavy atom. The van der Waals surface area contributed by atoms with Crippen molar-refractivity contribution in [1.82, 2.24) is 4.98 Å². The van der Waals surface area contributed by atoms with Crippen molar-refractivity contribution in [2.45, 2.75) is 6.92 Å². The SMILES string of the molecule is CC(=O)SCC=Cc1ccc2c(=O)c(C(=O)O)c[nH]c2c1.